The number of phenols is 1. The summed E-state index contributed by atoms with van der Waals surface area (Å²) in [5.74, 6) is -0.147. The predicted octanol–water partition coefficient (Wildman–Crippen LogP) is 5.23. The van der Waals surface area contributed by atoms with Crippen molar-refractivity contribution in [3.8, 4) is 11.5 Å². The zero-order valence-electron chi connectivity index (χ0n) is 19.7. The maximum atomic E-state index is 13.3. The Morgan fingerprint density at radius 3 is 2.50 bits per heavy atom. The zero-order valence-corrected chi connectivity index (χ0v) is 19.7. The number of anilines is 1. The Labute approximate surface area is 208 Å². The van der Waals surface area contributed by atoms with E-state index in [1.54, 1.807) is 19.2 Å². The van der Waals surface area contributed by atoms with Crippen molar-refractivity contribution in [3.63, 3.8) is 0 Å². The number of carbonyl (C=O) groups is 2. The fraction of sp³-hybridized carbons (Fsp3) is 0.138. The number of allylic oxidation sites excluding steroid dienone is 1. The molecule has 3 aromatic carbocycles. The van der Waals surface area contributed by atoms with Gasteiger partial charge in [-0.3, -0.25) is 4.79 Å². The van der Waals surface area contributed by atoms with Crippen LogP contribution in [0.3, 0.4) is 0 Å². The topological polar surface area (TPSA) is 97.8 Å². The van der Waals surface area contributed by atoms with Crippen LogP contribution in [0.5, 0.6) is 11.5 Å². The minimum absolute atomic E-state index is 0.0956. The molecular formula is C29H24N2O5. The molecule has 1 heterocycles. The number of hydrogen-bond donors (Lipinski definition) is 2. The van der Waals surface area contributed by atoms with Gasteiger partial charge in [-0.25, -0.2) is 9.78 Å². The van der Waals surface area contributed by atoms with Crippen molar-refractivity contribution in [3.05, 3.63) is 95.2 Å². The first-order valence-electron chi connectivity index (χ1n) is 11.5. The van der Waals surface area contributed by atoms with E-state index in [0.717, 1.165) is 34.6 Å². The van der Waals surface area contributed by atoms with Crippen molar-refractivity contribution in [2.75, 3.05) is 19.0 Å². The van der Waals surface area contributed by atoms with Crippen molar-refractivity contribution in [2.24, 2.45) is 0 Å². The van der Waals surface area contributed by atoms with E-state index in [1.165, 1.54) is 12.1 Å². The average Bonchev–Trinajstić information content (AvgIpc) is 3.29. The van der Waals surface area contributed by atoms with E-state index in [-0.39, 0.29) is 5.75 Å². The summed E-state index contributed by atoms with van der Waals surface area (Å²) in [4.78, 5) is 30.5. The number of para-hydroxylation sites is 1. The summed E-state index contributed by atoms with van der Waals surface area (Å²) < 4.78 is 10.7. The Balaban J connectivity index is 1.42. The van der Waals surface area contributed by atoms with Crippen LogP contribution < -0.4 is 10.1 Å². The molecule has 0 saturated carbocycles. The first kappa shape index (κ1) is 23.1. The van der Waals surface area contributed by atoms with E-state index in [2.05, 4.69) is 11.4 Å². The van der Waals surface area contributed by atoms with Gasteiger partial charge < -0.3 is 19.9 Å². The Bertz CT molecular complexity index is 1470. The Morgan fingerprint density at radius 1 is 1.00 bits per heavy atom. The van der Waals surface area contributed by atoms with E-state index in [1.807, 2.05) is 48.5 Å². The van der Waals surface area contributed by atoms with Crippen LogP contribution in [0.25, 0.3) is 22.6 Å². The fourth-order valence-electron chi connectivity index (χ4n) is 4.36. The van der Waals surface area contributed by atoms with Crippen LogP contribution in [-0.4, -0.2) is 35.7 Å². The van der Waals surface area contributed by atoms with E-state index < -0.39 is 18.5 Å². The molecule has 4 aromatic rings. The smallest absolute Gasteiger partial charge is 0.339 e. The first-order chi connectivity index (χ1) is 17.5. The van der Waals surface area contributed by atoms with Gasteiger partial charge >= 0.3 is 5.97 Å². The zero-order chi connectivity index (χ0) is 25.1. The summed E-state index contributed by atoms with van der Waals surface area (Å²) in [6.45, 7) is -0.431. The highest BCUT2D eigenvalue weighted by Gasteiger charge is 2.28. The van der Waals surface area contributed by atoms with Gasteiger partial charge in [-0.2, -0.15) is 0 Å². The second kappa shape index (κ2) is 9.92. The maximum absolute atomic E-state index is 13.3. The highest BCUT2D eigenvalue weighted by atomic mass is 16.5. The van der Waals surface area contributed by atoms with Crippen LogP contribution in [0.15, 0.2) is 72.8 Å². The minimum atomic E-state index is -0.559. The molecule has 7 heteroatoms. The van der Waals surface area contributed by atoms with Gasteiger partial charge in [0, 0.05) is 11.1 Å². The molecule has 180 valence electrons. The molecule has 0 radical (unpaired) electrons. The third-order valence-corrected chi connectivity index (χ3v) is 6.09. The monoisotopic (exact) mass is 480 g/mol. The van der Waals surface area contributed by atoms with E-state index in [0.29, 0.717) is 28.6 Å². The molecule has 0 atom stereocenters. The number of esters is 1. The number of aromatic nitrogens is 1. The predicted molar refractivity (Wildman–Crippen MR) is 138 cm³/mol. The number of pyridine rings is 1. The van der Waals surface area contributed by atoms with Gasteiger partial charge in [-0.1, -0.05) is 30.3 Å². The molecule has 0 unspecified atom stereocenters. The second-order valence-corrected chi connectivity index (χ2v) is 8.45. The summed E-state index contributed by atoms with van der Waals surface area (Å²) in [6, 6.07) is 21.3. The van der Waals surface area contributed by atoms with Gasteiger partial charge in [0.25, 0.3) is 5.91 Å². The van der Waals surface area contributed by atoms with Crippen molar-refractivity contribution in [2.45, 2.75) is 12.8 Å². The number of ether oxygens (including phenoxy) is 2. The third kappa shape index (κ3) is 4.77. The molecule has 0 fully saturated rings. The van der Waals surface area contributed by atoms with Crippen molar-refractivity contribution in [1.82, 2.24) is 4.98 Å². The molecular weight excluding hydrogens is 456 g/mol. The summed E-state index contributed by atoms with van der Waals surface area (Å²) >= 11 is 0. The van der Waals surface area contributed by atoms with Gasteiger partial charge in [0.1, 0.15) is 11.5 Å². The lowest BCUT2D eigenvalue weighted by Crippen LogP contribution is -2.21. The number of rotatable bonds is 6. The fourth-order valence-corrected chi connectivity index (χ4v) is 4.36. The second-order valence-electron chi connectivity index (χ2n) is 8.45. The Kier molecular flexibility index (Phi) is 6.36. The number of aromatic hydroxyl groups is 1. The van der Waals surface area contributed by atoms with Crippen LogP contribution in [0.4, 0.5) is 5.69 Å². The summed E-state index contributed by atoms with van der Waals surface area (Å²) in [7, 11) is 1.63. The number of hydrogen-bond acceptors (Lipinski definition) is 6. The molecule has 0 spiro atoms. The van der Waals surface area contributed by atoms with Crippen LogP contribution in [-0.2, 0) is 16.0 Å². The van der Waals surface area contributed by atoms with Gasteiger partial charge in [0.05, 0.1) is 23.9 Å². The maximum Gasteiger partial charge on any atom is 0.339 e. The molecule has 1 aliphatic carbocycles. The van der Waals surface area contributed by atoms with Crippen LogP contribution >= 0.6 is 0 Å². The number of amides is 1. The van der Waals surface area contributed by atoms with Crippen LogP contribution in [0.2, 0.25) is 0 Å². The first-order valence-corrected chi connectivity index (χ1v) is 11.5. The van der Waals surface area contributed by atoms with Crippen molar-refractivity contribution < 1.29 is 24.2 Å². The van der Waals surface area contributed by atoms with Crippen LogP contribution in [0, 0.1) is 0 Å². The Morgan fingerprint density at radius 2 is 1.75 bits per heavy atom. The number of nitrogens with one attached hydrogen (secondary N) is 1. The van der Waals surface area contributed by atoms with E-state index in [4.69, 9.17) is 14.5 Å². The summed E-state index contributed by atoms with van der Waals surface area (Å²) in [6.07, 6.45) is 3.47. The normalized spacial score (nSPS) is 13.4. The molecule has 1 aliphatic rings. The standard InChI is InChI=1S/C29H24N2O5/c1-35-22-13-6-18(7-14-22)16-19-8-15-24-27(23-4-2-3-5-25(23)31-28(19)24)29(34)36-17-26(33)30-20-9-11-21(32)12-10-20/h2-7,9-14,16,32H,8,15,17H2,1H3,(H,30,33)/b19-16+. The number of benzene rings is 3. The lowest BCUT2D eigenvalue weighted by molar-refractivity contribution is -0.119. The lowest BCUT2D eigenvalue weighted by Gasteiger charge is -2.12. The van der Waals surface area contributed by atoms with Gasteiger partial charge in [0.15, 0.2) is 6.61 Å². The highest BCUT2D eigenvalue weighted by Crippen LogP contribution is 2.38. The molecule has 5 rings (SSSR count). The van der Waals surface area contributed by atoms with Crippen LogP contribution in [0.1, 0.15) is 33.6 Å². The highest BCUT2D eigenvalue weighted by molar-refractivity contribution is 6.08. The van der Waals surface area contributed by atoms with Gasteiger partial charge in [-0.05, 0) is 78.1 Å². The van der Waals surface area contributed by atoms with Crippen molar-refractivity contribution in [1.29, 1.82) is 0 Å². The summed E-state index contributed by atoms with van der Waals surface area (Å²) in [5.41, 5.74) is 5.31. The summed E-state index contributed by atoms with van der Waals surface area (Å²) in [5, 5.41) is 12.7. The molecule has 1 aromatic heterocycles. The molecule has 7 nitrogen and oxygen atoms in total. The molecule has 0 saturated heterocycles. The van der Waals surface area contributed by atoms with E-state index in [9.17, 15) is 14.7 Å². The number of carbonyl (C=O) groups excluding carboxylic acids is 2. The van der Waals surface area contributed by atoms with Gasteiger partial charge in [-0.15, -0.1) is 0 Å². The Hall–Kier alpha value is -4.65. The minimum Gasteiger partial charge on any atom is -0.508 e. The number of fused-ring (bicyclic) bond motifs is 2. The molecule has 1 amide bonds. The van der Waals surface area contributed by atoms with Gasteiger partial charge in [0.2, 0.25) is 0 Å². The van der Waals surface area contributed by atoms with Crippen molar-refractivity contribution >= 4 is 40.1 Å². The third-order valence-electron chi connectivity index (χ3n) is 6.09. The average molecular weight is 481 g/mol. The molecule has 36 heavy (non-hydrogen) atoms. The number of methoxy groups -OCH3 is 1. The lowest BCUT2D eigenvalue weighted by atomic mass is 10.0. The quantitative estimate of drug-likeness (QED) is 0.290. The number of nitrogens with zero attached hydrogens (tertiary/aromatic N) is 1. The molecule has 0 bridgehead atoms. The number of phenolic OH excluding ortho intramolecular Hbond substituents is 1. The molecule has 2 N–H and O–H groups in total. The van der Waals surface area contributed by atoms with E-state index >= 15 is 0 Å². The largest absolute Gasteiger partial charge is 0.508 e. The molecule has 0 aliphatic heterocycles. The SMILES string of the molecule is COc1ccc(/C=C2\CCc3c2nc2ccccc2c3C(=O)OCC(=O)Nc2ccc(O)cc2)cc1.